The first-order valence-electron chi connectivity index (χ1n) is 9.63. The lowest BCUT2D eigenvalue weighted by Gasteiger charge is -2.39. The fourth-order valence-electron chi connectivity index (χ4n) is 3.91. The molecule has 0 bridgehead atoms. The molecule has 0 heterocycles. The molecule has 0 radical (unpaired) electrons. The van der Waals surface area contributed by atoms with Crippen LogP contribution in [-0.4, -0.2) is 47.8 Å². The van der Waals surface area contributed by atoms with Gasteiger partial charge < -0.3 is 14.7 Å². The monoisotopic (exact) mass is 363 g/mol. The van der Waals surface area contributed by atoms with Crippen molar-refractivity contribution in [3.05, 3.63) is 0 Å². The van der Waals surface area contributed by atoms with E-state index in [4.69, 9.17) is 4.74 Å². The van der Waals surface area contributed by atoms with Gasteiger partial charge in [-0.3, -0.25) is 4.79 Å². The van der Waals surface area contributed by atoms with Crippen LogP contribution in [0.2, 0.25) is 0 Å². The molecule has 0 spiro atoms. The summed E-state index contributed by atoms with van der Waals surface area (Å²) >= 11 is 0. The predicted molar refractivity (Wildman–Crippen MR) is 102 cm³/mol. The average Bonchev–Trinajstić information content (AvgIpc) is 2.59. The SMILES string of the molecule is CCN(CC)CCOC(=O)C(C1CCCCC1)C(O)(CC)CC.Cl. The summed E-state index contributed by atoms with van der Waals surface area (Å²) in [6.07, 6.45) is 6.87. The van der Waals surface area contributed by atoms with Crippen molar-refractivity contribution in [2.45, 2.75) is 78.2 Å². The van der Waals surface area contributed by atoms with Gasteiger partial charge in [0.15, 0.2) is 0 Å². The van der Waals surface area contributed by atoms with Gasteiger partial charge in [0.1, 0.15) is 6.61 Å². The molecule has 0 aromatic carbocycles. The highest BCUT2D eigenvalue weighted by atomic mass is 35.5. The van der Waals surface area contributed by atoms with Gasteiger partial charge in [-0.25, -0.2) is 0 Å². The van der Waals surface area contributed by atoms with Crippen molar-refractivity contribution in [1.82, 2.24) is 4.90 Å². The highest BCUT2D eigenvalue weighted by Crippen LogP contribution is 2.39. The molecule has 5 heteroatoms. The second-order valence-electron chi connectivity index (χ2n) is 6.88. The summed E-state index contributed by atoms with van der Waals surface area (Å²) in [5.41, 5.74) is -0.922. The Hall–Kier alpha value is -0.320. The Morgan fingerprint density at radius 2 is 1.67 bits per heavy atom. The normalized spacial score (nSPS) is 17.4. The number of carbonyl (C=O) groups excluding carboxylic acids is 1. The van der Waals surface area contributed by atoms with Gasteiger partial charge in [0.05, 0.1) is 11.5 Å². The minimum atomic E-state index is -0.922. The summed E-state index contributed by atoms with van der Waals surface area (Å²) in [6, 6.07) is 0. The van der Waals surface area contributed by atoms with Crippen LogP contribution >= 0.6 is 12.4 Å². The van der Waals surface area contributed by atoms with E-state index in [1.807, 2.05) is 13.8 Å². The molecule has 1 unspecified atom stereocenters. The Bertz CT molecular complexity index is 338. The Morgan fingerprint density at radius 3 is 2.12 bits per heavy atom. The van der Waals surface area contributed by atoms with E-state index in [-0.39, 0.29) is 30.2 Å². The van der Waals surface area contributed by atoms with Crippen LogP contribution in [0.15, 0.2) is 0 Å². The lowest BCUT2D eigenvalue weighted by Crippen LogP contribution is -2.47. The Labute approximate surface area is 154 Å². The van der Waals surface area contributed by atoms with E-state index in [0.29, 0.717) is 19.4 Å². The second-order valence-corrected chi connectivity index (χ2v) is 6.88. The van der Waals surface area contributed by atoms with E-state index in [0.717, 1.165) is 45.3 Å². The fourth-order valence-corrected chi connectivity index (χ4v) is 3.91. The number of halogens is 1. The number of likely N-dealkylation sites (N-methyl/N-ethyl adjacent to an activating group) is 1. The van der Waals surface area contributed by atoms with Gasteiger partial charge in [-0.2, -0.15) is 0 Å². The van der Waals surface area contributed by atoms with Crippen LogP contribution in [0.1, 0.15) is 72.6 Å². The molecular weight excluding hydrogens is 326 g/mol. The quantitative estimate of drug-likeness (QED) is 0.595. The number of hydrogen-bond acceptors (Lipinski definition) is 4. The van der Waals surface area contributed by atoms with Gasteiger partial charge in [-0.05, 0) is 44.7 Å². The van der Waals surface area contributed by atoms with Crippen molar-refractivity contribution in [2.75, 3.05) is 26.2 Å². The molecule has 1 N–H and O–H groups in total. The van der Waals surface area contributed by atoms with Gasteiger partial charge in [-0.1, -0.05) is 47.0 Å². The third-order valence-corrected chi connectivity index (χ3v) is 5.72. The molecule has 0 amide bonds. The van der Waals surface area contributed by atoms with Crippen molar-refractivity contribution in [1.29, 1.82) is 0 Å². The van der Waals surface area contributed by atoms with Crippen LogP contribution in [-0.2, 0) is 9.53 Å². The first-order valence-corrected chi connectivity index (χ1v) is 9.63. The van der Waals surface area contributed by atoms with Crippen LogP contribution in [0.3, 0.4) is 0 Å². The van der Waals surface area contributed by atoms with E-state index < -0.39 is 5.60 Å². The summed E-state index contributed by atoms with van der Waals surface area (Å²) < 4.78 is 5.60. The predicted octanol–water partition coefficient (Wildman–Crippen LogP) is 4.04. The third kappa shape index (κ3) is 6.53. The van der Waals surface area contributed by atoms with E-state index in [1.165, 1.54) is 6.42 Å². The zero-order valence-corrected chi connectivity index (χ0v) is 16.9. The fraction of sp³-hybridized carbons (Fsp3) is 0.947. The molecular formula is C19H38ClNO3. The average molecular weight is 364 g/mol. The topological polar surface area (TPSA) is 49.8 Å². The molecule has 0 aromatic heterocycles. The van der Waals surface area contributed by atoms with Gasteiger partial charge in [0.25, 0.3) is 0 Å². The number of hydrogen-bond donors (Lipinski definition) is 1. The maximum atomic E-state index is 12.8. The van der Waals surface area contributed by atoms with Crippen LogP contribution in [0, 0.1) is 11.8 Å². The number of ether oxygens (including phenoxy) is 1. The molecule has 1 fully saturated rings. The molecule has 4 nitrogen and oxygen atoms in total. The highest BCUT2D eigenvalue weighted by molar-refractivity contribution is 5.85. The number of esters is 1. The first-order chi connectivity index (χ1) is 11.0. The summed E-state index contributed by atoms with van der Waals surface area (Å²) in [5, 5.41) is 11.0. The standard InChI is InChI=1S/C19H37NO3.ClH/c1-5-19(22,6-2)17(16-12-10-9-11-13-16)18(21)23-15-14-20(7-3)8-4;/h16-17,22H,5-15H2,1-4H3;1H. The van der Waals surface area contributed by atoms with Crippen LogP contribution < -0.4 is 0 Å². The van der Waals surface area contributed by atoms with Gasteiger partial charge in [0.2, 0.25) is 0 Å². The molecule has 1 aliphatic rings. The molecule has 1 atom stereocenters. The highest BCUT2D eigenvalue weighted by Gasteiger charge is 2.44. The minimum absolute atomic E-state index is 0. The van der Waals surface area contributed by atoms with Gasteiger partial charge >= 0.3 is 5.97 Å². The zero-order valence-electron chi connectivity index (χ0n) is 16.1. The molecule has 0 aromatic rings. The lowest BCUT2D eigenvalue weighted by molar-refractivity contribution is -0.165. The number of rotatable bonds is 10. The Morgan fingerprint density at radius 1 is 1.12 bits per heavy atom. The molecule has 0 saturated heterocycles. The summed E-state index contributed by atoms with van der Waals surface area (Å²) in [6.45, 7) is 11.3. The first kappa shape index (κ1) is 23.7. The second kappa shape index (κ2) is 12.1. The summed E-state index contributed by atoms with van der Waals surface area (Å²) in [5.74, 6) is -0.278. The smallest absolute Gasteiger partial charge is 0.312 e. The van der Waals surface area contributed by atoms with Gasteiger partial charge in [0, 0.05) is 6.54 Å². The molecule has 1 rings (SSSR count). The summed E-state index contributed by atoms with van der Waals surface area (Å²) in [7, 11) is 0. The Balaban J connectivity index is 0.00000529. The van der Waals surface area contributed by atoms with Crippen molar-refractivity contribution in [2.24, 2.45) is 11.8 Å². The van der Waals surface area contributed by atoms with Crippen molar-refractivity contribution < 1.29 is 14.6 Å². The van der Waals surface area contributed by atoms with Crippen LogP contribution in [0.25, 0.3) is 0 Å². The van der Waals surface area contributed by atoms with Gasteiger partial charge in [-0.15, -0.1) is 12.4 Å². The number of aliphatic hydroxyl groups is 1. The van der Waals surface area contributed by atoms with E-state index in [9.17, 15) is 9.90 Å². The number of nitrogens with zero attached hydrogens (tertiary/aromatic N) is 1. The zero-order chi connectivity index (χ0) is 17.3. The maximum Gasteiger partial charge on any atom is 0.312 e. The largest absolute Gasteiger partial charge is 0.464 e. The van der Waals surface area contributed by atoms with Crippen molar-refractivity contribution in [3.8, 4) is 0 Å². The molecule has 144 valence electrons. The van der Waals surface area contributed by atoms with E-state index in [2.05, 4.69) is 18.7 Å². The summed E-state index contributed by atoms with van der Waals surface area (Å²) in [4.78, 5) is 15.0. The minimum Gasteiger partial charge on any atom is -0.464 e. The van der Waals surface area contributed by atoms with Crippen molar-refractivity contribution in [3.63, 3.8) is 0 Å². The molecule has 1 aliphatic carbocycles. The molecule has 24 heavy (non-hydrogen) atoms. The lowest BCUT2D eigenvalue weighted by atomic mass is 9.70. The van der Waals surface area contributed by atoms with E-state index >= 15 is 0 Å². The maximum absolute atomic E-state index is 12.8. The third-order valence-electron chi connectivity index (χ3n) is 5.72. The molecule has 0 aliphatic heterocycles. The number of carbonyl (C=O) groups is 1. The van der Waals surface area contributed by atoms with Crippen LogP contribution in [0.4, 0.5) is 0 Å². The van der Waals surface area contributed by atoms with Crippen molar-refractivity contribution >= 4 is 18.4 Å². The molecule has 1 saturated carbocycles. The van der Waals surface area contributed by atoms with E-state index in [1.54, 1.807) is 0 Å². The van der Waals surface area contributed by atoms with Crippen LogP contribution in [0.5, 0.6) is 0 Å². The Kier molecular flexibility index (Phi) is 11.9.